The van der Waals surface area contributed by atoms with Crippen LogP contribution in [0.4, 0.5) is 0 Å². The molecular weight excluding hydrogens is 242 g/mol. The lowest BCUT2D eigenvalue weighted by molar-refractivity contribution is -0.121. The van der Waals surface area contributed by atoms with Gasteiger partial charge in [0.15, 0.2) is 0 Å². The minimum absolute atomic E-state index is 0.0509. The number of aryl methyl sites for hydroxylation is 1. The molecule has 1 aromatic carbocycles. The molecule has 0 radical (unpaired) electrons. The molecule has 0 unspecified atom stereocenters. The number of hydrogen-bond acceptors (Lipinski definition) is 3. The molecule has 1 amide bonds. The maximum atomic E-state index is 11.6. The van der Waals surface area contributed by atoms with E-state index >= 15 is 0 Å². The third kappa shape index (κ3) is 4.46. The summed E-state index contributed by atoms with van der Waals surface area (Å²) in [5, 5.41) is 2.79. The van der Waals surface area contributed by atoms with E-state index in [1.165, 1.54) is 0 Å². The van der Waals surface area contributed by atoms with Crippen LogP contribution in [0.1, 0.15) is 17.9 Å². The van der Waals surface area contributed by atoms with Crippen molar-refractivity contribution in [1.82, 2.24) is 15.3 Å². The molecule has 0 bridgehead atoms. The van der Waals surface area contributed by atoms with Crippen LogP contribution in [0.15, 0.2) is 36.5 Å². The molecule has 2 N–H and O–H groups in total. The smallest absolute Gasteiger partial charge is 0.223 e. The van der Waals surface area contributed by atoms with Crippen LogP contribution in [0.3, 0.4) is 0 Å². The third-order valence-electron chi connectivity index (χ3n) is 2.55. The maximum absolute atomic E-state index is 11.6. The van der Waals surface area contributed by atoms with Gasteiger partial charge >= 0.3 is 0 Å². The molecule has 1 aromatic heterocycles. The first kappa shape index (κ1) is 13.1. The molecule has 0 fully saturated rings. The number of carbonyl (C=O) groups is 1. The van der Waals surface area contributed by atoms with Gasteiger partial charge in [0.25, 0.3) is 0 Å². The Morgan fingerprint density at radius 2 is 2.16 bits per heavy atom. The second kappa shape index (κ2) is 6.58. The van der Waals surface area contributed by atoms with E-state index in [0.717, 1.165) is 17.3 Å². The first-order chi connectivity index (χ1) is 9.24. The van der Waals surface area contributed by atoms with Gasteiger partial charge in [0.1, 0.15) is 11.6 Å². The number of hydrogen-bond donors (Lipinski definition) is 2. The van der Waals surface area contributed by atoms with Gasteiger partial charge in [0, 0.05) is 11.9 Å². The summed E-state index contributed by atoms with van der Waals surface area (Å²) in [6, 6.07) is 9.45. The van der Waals surface area contributed by atoms with Crippen molar-refractivity contribution in [2.45, 2.75) is 19.9 Å². The normalized spacial score (nSPS) is 10.2. The monoisotopic (exact) mass is 259 g/mol. The number of imidazole rings is 1. The molecule has 0 atom stereocenters. The number of rotatable bonds is 6. The molecule has 5 nitrogen and oxygen atoms in total. The SMILES string of the molecule is Cc1cnc(CNC(=O)CCOc2ccccc2)[nH]1. The molecule has 1 heterocycles. The number of para-hydroxylation sites is 1. The average molecular weight is 259 g/mol. The molecule has 100 valence electrons. The maximum Gasteiger partial charge on any atom is 0.223 e. The lowest BCUT2D eigenvalue weighted by Gasteiger charge is -2.06. The van der Waals surface area contributed by atoms with E-state index in [-0.39, 0.29) is 5.91 Å². The summed E-state index contributed by atoms with van der Waals surface area (Å²) in [6.45, 7) is 2.71. The highest BCUT2D eigenvalue weighted by atomic mass is 16.5. The molecular formula is C14H17N3O2. The van der Waals surface area contributed by atoms with Crippen LogP contribution in [-0.2, 0) is 11.3 Å². The Kier molecular flexibility index (Phi) is 4.55. The minimum Gasteiger partial charge on any atom is -0.493 e. The van der Waals surface area contributed by atoms with Crippen molar-refractivity contribution in [1.29, 1.82) is 0 Å². The molecule has 0 spiro atoms. The minimum atomic E-state index is -0.0509. The van der Waals surface area contributed by atoms with Gasteiger partial charge in [-0.25, -0.2) is 4.98 Å². The number of aromatic nitrogens is 2. The Labute approximate surface area is 112 Å². The van der Waals surface area contributed by atoms with E-state index in [2.05, 4.69) is 15.3 Å². The van der Waals surface area contributed by atoms with Gasteiger partial charge in [-0.2, -0.15) is 0 Å². The van der Waals surface area contributed by atoms with Crippen LogP contribution in [0, 0.1) is 6.92 Å². The van der Waals surface area contributed by atoms with E-state index < -0.39 is 0 Å². The Balaban J connectivity index is 1.65. The van der Waals surface area contributed by atoms with Crippen molar-refractivity contribution in [3.8, 4) is 5.75 Å². The molecule has 0 aliphatic heterocycles. The fraction of sp³-hybridized carbons (Fsp3) is 0.286. The van der Waals surface area contributed by atoms with Gasteiger partial charge in [-0.1, -0.05) is 18.2 Å². The van der Waals surface area contributed by atoms with Gasteiger partial charge in [-0.05, 0) is 19.1 Å². The predicted octanol–water partition coefficient (Wildman–Crippen LogP) is 1.80. The standard InChI is InChI=1S/C14H17N3O2/c1-11-9-15-13(17-11)10-16-14(18)7-8-19-12-5-3-2-4-6-12/h2-6,9H,7-8,10H2,1H3,(H,15,17)(H,16,18). The number of aromatic amines is 1. The lowest BCUT2D eigenvalue weighted by atomic mass is 10.3. The van der Waals surface area contributed by atoms with Crippen LogP contribution in [0.25, 0.3) is 0 Å². The molecule has 19 heavy (non-hydrogen) atoms. The van der Waals surface area contributed by atoms with E-state index in [1.54, 1.807) is 6.20 Å². The van der Waals surface area contributed by atoms with Crippen LogP contribution in [0.5, 0.6) is 5.75 Å². The highest BCUT2D eigenvalue weighted by Gasteiger charge is 2.03. The number of nitrogens with zero attached hydrogens (tertiary/aromatic N) is 1. The fourth-order valence-electron chi connectivity index (χ4n) is 1.61. The van der Waals surface area contributed by atoms with E-state index in [9.17, 15) is 4.79 Å². The van der Waals surface area contributed by atoms with Gasteiger partial charge in [0.05, 0.1) is 19.6 Å². The van der Waals surface area contributed by atoms with Gasteiger partial charge in [-0.3, -0.25) is 4.79 Å². The number of carbonyl (C=O) groups excluding carboxylic acids is 1. The molecule has 2 aromatic rings. The van der Waals surface area contributed by atoms with Crippen molar-refractivity contribution in [3.05, 3.63) is 48.0 Å². The highest BCUT2D eigenvalue weighted by molar-refractivity contribution is 5.75. The quantitative estimate of drug-likeness (QED) is 0.831. The largest absolute Gasteiger partial charge is 0.493 e. The van der Waals surface area contributed by atoms with E-state index in [4.69, 9.17) is 4.74 Å². The predicted molar refractivity (Wildman–Crippen MR) is 71.7 cm³/mol. The van der Waals surface area contributed by atoms with Gasteiger partial charge in [0.2, 0.25) is 5.91 Å². The number of H-pyrrole nitrogens is 1. The van der Waals surface area contributed by atoms with Crippen LogP contribution in [-0.4, -0.2) is 22.5 Å². The van der Waals surface area contributed by atoms with Crippen LogP contribution < -0.4 is 10.1 Å². The average Bonchev–Trinajstić information content (AvgIpc) is 2.83. The van der Waals surface area contributed by atoms with Crippen molar-refractivity contribution in [2.75, 3.05) is 6.61 Å². The first-order valence-corrected chi connectivity index (χ1v) is 6.19. The van der Waals surface area contributed by atoms with Crippen LogP contribution >= 0.6 is 0 Å². The Bertz CT molecular complexity index is 522. The zero-order valence-electron chi connectivity index (χ0n) is 10.8. The molecule has 5 heteroatoms. The lowest BCUT2D eigenvalue weighted by Crippen LogP contribution is -2.24. The van der Waals surface area contributed by atoms with Crippen molar-refractivity contribution in [3.63, 3.8) is 0 Å². The second-order valence-electron chi connectivity index (χ2n) is 4.20. The Hall–Kier alpha value is -2.30. The fourth-order valence-corrected chi connectivity index (χ4v) is 1.61. The molecule has 0 aliphatic carbocycles. The summed E-state index contributed by atoms with van der Waals surface area (Å²) < 4.78 is 5.45. The van der Waals surface area contributed by atoms with Crippen molar-refractivity contribution in [2.24, 2.45) is 0 Å². The molecule has 0 saturated carbocycles. The molecule has 0 saturated heterocycles. The second-order valence-corrected chi connectivity index (χ2v) is 4.20. The Morgan fingerprint density at radius 1 is 1.37 bits per heavy atom. The van der Waals surface area contributed by atoms with Crippen LogP contribution in [0.2, 0.25) is 0 Å². The number of ether oxygens (including phenoxy) is 1. The summed E-state index contributed by atoms with van der Waals surface area (Å²) in [7, 11) is 0. The van der Waals surface area contributed by atoms with E-state index in [0.29, 0.717) is 19.6 Å². The topological polar surface area (TPSA) is 67.0 Å². The number of benzene rings is 1. The summed E-state index contributed by atoms with van der Waals surface area (Å²) in [4.78, 5) is 18.8. The number of amides is 1. The Morgan fingerprint density at radius 3 is 2.84 bits per heavy atom. The summed E-state index contributed by atoms with van der Waals surface area (Å²) >= 11 is 0. The summed E-state index contributed by atoms with van der Waals surface area (Å²) in [5.74, 6) is 1.48. The zero-order valence-corrected chi connectivity index (χ0v) is 10.8. The first-order valence-electron chi connectivity index (χ1n) is 6.19. The van der Waals surface area contributed by atoms with Crippen molar-refractivity contribution < 1.29 is 9.53 Å². The highest BCUT2D eigenvalue weighted by Crippen LogP contribution is 2.08. The van der Waals surface area contributed by atoms with E-state index in [1.807, 2.05) is 37.3 Å². The summed E-state index contributed by atoms with van der Waals surface area (Å²) in [6.07, 6.45) is 2.06. The summed E-state index contributed by atoms with van der Waals surface area (Å²) in [5.41, 5.74) is 0.983. The molecule has 2 rings (SSSR count). The third-order valence-corrected chi connectivity index (χ3v) is 2.55. The zero-order chi connectivity index (χ0) is 13.5. The van der Waals surface area contributed by atoms with Gasteiger partial charge in [-0.15, -0.1) is 0 Å². The van der Waals surface area contributed by atoms with Crippen molar-refractivity contribution >= 4 is 5.91 Å². The number of nitrogens with one attached hydrogen (secondary N) is 2. The molecule has 0 aliphatic rings. The van der Waals surface area contributed by atoms with Gasteiger partial charge < -0.3 is 15.0 Å².